The van der Waals surface area contributed by atoms with Crippen LogP contribution in [0, 0.1) is 0 Å². The zero-order valence-electron chi connectivity index (χ0n) is 8.64. The van der Waals surface area contributed by atoms with Gasteiger partial charge < -0.3 is 15.7 Å². The molecular weight excluding hydrogens is 178 g/mol. The second-order valence-corrected chi connectivity index (χ2v) is 3.45. The van der Waals surface area contributed by atoms with Crippen LogP contribution in [0.1, 0.15) is 13.8 Å². The molecule has 0 spiro atoms. The fourth-order valence-corrected chi connectivity index (χ4v) is 1.36. The molecule has 1 heterocycles. The van der Waals surface area contributed by atoms with E-state index in [1.165, 1.54) is 0 Å². The SMILES string of the molecule is CC(C)N(CCO)c1ccc(N)nc1. The van der Waals surface area contributed by atoms with E-state index in [1.54, 1.807) is 12.3 Å². The van der Waals surface area contributed by atoms with Crippen LogP contribution in [0.4, 0.5) is 11.5 Å². The summed E-state index contributed by atoms with van der Waals surface area (Å²) < 4.78 is 0. The van der Waals surface area contributed by atoms with Crippen molar-refractivity contribution in [3.63, 3.8) is 0 Å². The van der Waals surface area contributed by atoms with Crippen molar-refractivity contribution in [1.82, 2.24) is 4.98 Å². The normalized spacial score (nSPS) is 10.6. The van der Waals surface area contributed by atoms with Gasteiger partial charge in [0.1, 0.15) is 5.82 Å². The Labute approximate surface area is 84.4 Å². The third-order valence-corrected chi connectivity index (χ3v) is 2.07. The molecule has 3 N–H and O–H groups in total. The van der Waals surface area contributed by atoms with Gasteiger partial charge in [-0.05, 0) is 26.0 Å². The lowest BCUT2D eigenvalue weighted by atomic mass is 10.2. The van der Waals surface area contributed by atoms with Gasteiger partial charge in [-0.2, -0.15) is 0 Å². The molecule has 1 aromatic rings. The third kappa shape index (κ3) is 2.60. The third-order valence-electron chi connectivity index (χ3n) is 2.07. The van der Waals surface area contributed by atoms with Crippen LogP contribution in [0.15, 0.2) is 18.3 Å². The zero-order chi connectivity index (χ0) is 10.6. The fraction of sp³-hybridized carbons (Fsp3) is 0.500. The van der Waals surface area contributed by atoms with E-state index >= 15 is 0 Å². The summed E-state index contributed by atoms with van der Waals surface area (Å²) in [6.45, 7) is 4.91. The summed E-state index contributed by atoms with van der Waals surface area (Å²) in [7, 11) is 0. The molecule has 0 aliphatic carbocycles. The maximum Gasteiger partial charge on any atom is 0.123 e. The van der Waals surface area contributed by atoms with E-state index in [1.807, 2.05) is 6.07 Å². The number of nitrogens with two attached hydrogens (primary N) is 1. The highest BCUT2D eigenvalue weighted by Crippen LogP contribution is 2.15. The Hall–Kier alpha value is -1.29. The second kappa shape index (κ2) is 4.81. The van der Waals surface area contributed by atoms with E-state index in [0.29, 0.717) is 18.4 Å². The number of rotatable bonds is 4. The number of aliphatic hydroxyl groups excluding tert-OH is 1. The van der Waals surface area contributed by atoms with Crippen LogP contribution in [0.3, 0.4) is 0 Å². The summed E-state index contributed by atoms with van der Waals surface area (Å²) in [6.07, 6.45) is 1.73. The minimum atomic E-state index is 0.141. The van der Waals surface area contributed by atoms with Crippen LogP contribution in [-0.4, -0.2) is 29.3 Å². The van der Waals surface area contributed by atoms with Gasteiger partial charge in [0.2, 0.25) is 0 Å². The molecule has 0 saturated heterocycles. The minimum absolute atomic E-state index is 0.141. The number of nitrogen functional groups attached to an aromatic ring is 1. The lowest BCUT2D eigenvalue weighted by molar-refractivity contribution is 0.299. The Bertz CT molecular complexity index is 271. The van der Waals surface area contributed by atoms with E-state index < -0.39 is 0 Å². The molecule has 78 valence electrons. The van der Waals surface area contributed by atoms with E-state index in [9.17, 15) is 0 Å². The summed E-state index contributed by atoms with van der Waals surface area (Å²) in [5.41, 5.74) is 6.49. The molecule has 1 rings (SSSR count). The van der Waals surface area contributed by atoms with Gasteiger partial charge in [0.25, 0.3) is 0 Å². The highest BCUT2D eigenvalue weighted by molar-refractivity contribution is 5.48. The smallest absolute Gasteiger partial charge is 0.123 e. The highest BCUT2D eigenvalue weighted by Gasteiger charge is 2.09. The molecular formula is C10H17N3O. The predicted molar refractivity (Wildman–Crippen MR) is 58.2 cm³/mol. The number of nitrogens with zero attached hydrogens (tertiary/aromatic N) is 2. The molecule has 4 heteroatoms. The van der Waals surface area contributed by atoms with Crippen molar-refractivity contribution in [3.05, 3.63) is 18.3 Å². The first-order chi connectivity index (χ1) is 6.65. The molecule has 0 aliphatic rings. The van der Waals surface area contributed by atoms with Crippen molar-refractivity contribution in [2.24, 2.45) is 0 Å². The molecule has 4 nitrogen and oxygen atoms in total. The Morgan fingerprint density at radius 2 is 2.21 bits per heavy atom. The summed E-state index contributed by atoms with van der Waals surface area (Å²) in [5.74, 6) is 0.515. The summed E-state index contributed by atoms with van der Waals surface area (Å²) >= 11 is 0. The molecule has 0 bridgehead atoms. The standard InChI is InChI=1S/C10H17N3O/c1-8(2)13(5-6-14)9-3-4-10(11)12-7-9/h3-4,7-8,14H,5-6H2,1-2H3,(H2,11,12). The largest absolute Gasteiger partial charge is 0.395 e. The Balaban J connectivity index is 2.82. The molecule has 0 amide bonds. The average Bonchev–Trinajstić information content (AvgIpc) is 2.15. The van der Waals surface area contributed by atoms with Gasteiger partial charge in [-0.3, -0.25) is 0 Å². The molecule has 0 saturated carbocycles. The average molecular weight is 195 g/mol. The van der Waals surface area contributed by atoms with Crippen LogP contribution < -0.4 is 10.6 Å². The van der Waals surface area contributed by atoms with E-state index in [4.69, 9.17) is 10.8 Å². The number of hydrogen-bond donors (Lipinski definition) is 2. The maximum atomic E-state index is 8.91. The lowest BCUT2D eigenvalue weighted by Gasteiger charge is -2.27. The Morgan fingerprint density at radius 3 is 2.64 bits per heavy atom. The first-order valence-electron chi connectivity index (χ1n) is 4.74. The Morgan fingerprint density at radius 1 is 1.50 bits per heavy atom. The topological polar surface area (TPSA) is 62.4 Å². The predicted octanol–water partition coefficient (Wildman–Crippen LogP) is 0.871. The number of aliphatic hydroxyl groups is 1. The van der Waals surface area contributed by atoms with Gasteiger partial charge in [-0.1, -0.05) is 0 Å². The van der Waals surface area contributed by atoms with Crippen molar-refractivity contribution < 1.29 is 5.11 Å². The molecule has 0 aliphatic heterocycles. The lowest BCUT2D eigenvalue weighted by Crippen LogP contribution is -2.33. The highest BCUT2D eigenvalue weighted by atomic mass is 16.3. The van der Waals surface area contributed by atoms with Crippen LogP contribution >= 0.6 is 0 Å². The molecule has 0 unspecified atom stereocenters. The zero-order valence-corrected chi connectivity index (χ0v) is 8.64. The molecule has 0 aromatic carbocycles. The minimum Gasteiger partial charge on any atom is -0.395 e. The van der Waals surface area contributed by atoms with Crippen LogP contribution in [0.25, 0.3) is 0 Å². The van der Waals surface area contributed by atoms with E-state index in [0.717, 1.165) is 5.69 Å². The molecule has 0 fully saturated rings. The van der Waals surface area contributed by atoms with Crippen molar-refractivity contribution in [1.29, 1.82) is 0 Å². The van der Waals surface area contributed by atoms with Crippen LogP contribution in [0.5, 0.6) is 0 Å². The summed E-state index contributed by atoms with van der Waals surface area (Å²) in [6, 6.07) is 4.02. The summed E-state index contributed by atoms with van der Waals surface area (Å²) in [5, 5.41) is 8.91. The van der Waals surface area contributed by atoms with Crippen LogP contribution in [-0.2, 0) is 0 Å². The van der Waals surface area contributed by atoms with Gasteiger partial charge in [0.15, 0.2) is 0 Å². The first-order valence-corrected chi connectivity index (χ1v) is 4.74. The van der Waals surface area contributed by atoms with Gasteiger partial charge in [0.05, 0.1) is 18.5 Å². The number of anilines is 2. The maximum absolute atomic E-state index is 8.91. The molecule has 1 aromatic heterocycles. The number of aromatic nitrogens is 1. The monoisotopic (exact) mass is 195 g/mol. The first kappa shape index (κ1) is 10.8. The Kier molecular flexibility index (Phi) is 3.71. The summed E-state index contributed by atoms with van der Waals surface area (Å²) in [4.78, 5) is 6.09. The fourth-order valence-electron chi connectivity index (χ4n) is 1.36. The molecule has 14 heavy (non-hydrogen) atoms. The van der Waals surface area contributed by atoms with Gasteiger partial charge in [-0.15, -0.1) is 0 Å². The van der Waals surface area contributed by atoms with Gasteiger partial charge >= 0.3 is 0 Å². The van der Waals surface area contributed by atoms with Crippen molar-refractivity contribution in [2.75, 3.05) is 23.8 Å². The van der Waals surface area contributed by atoms with Crippen molar-refractivity contribution >= 4 is 11.5 Å². The number of hydrogen-bond acceptors (Lipinski definition) is 4. The van der Waals surface area contributed by atoms with Crippen molar-refractivity contribution in [2.45, 2.75) is 19.9 Å². The van der Waals surface area contributed by atoms with Gasteiger partial charge in [0, 0.05) is 12.6 Å². The van der Waals surface area contributed by atoms with E-state index in [2.05, 4.69) is 23.7 Å². The van der Waals surface area contributed by atoms with Gasteiger partial charge in [-0.25, -0.2) is 4.98 Å². The number of pyridine rings is 1. The van der Waals surface area contributed by atoms with Crippen LogP contribution in [0.2, 0.25) is 0 Å². The quantitative estimate of drug-likeness (QED) is 0.748. The van der Waals surface area contributed by atoms with Crippen molar-refractivity contribution in [3.8, 4) is 0 Å². The molecule has 0 radical (unpaired) electrons. The second-order valence-electron chi connectivity index (χ2n) is 3.45. The molecule has 0 atom stereocenters. The van der Waals surface area contributed by atoms with E-state index in [-0.39, 0.29) is 6.61 Å².